The first kappa shape index (κ1) is 25.1. The summed E-state index contributed by atoms with van der Waals surface area (Å²) in [6, 6.07) is 24.9. The van der Waals surface area contributed by atoms with Gasteiger partial charge in [0.1, 0.15) is 11.6 Å². The molecule has 0 spiro atoms. The number of hydrogen-bond donors (Lipinski definition) is 1. The molecule has 0 fully saturated rings. The van der Waals surface area contributed by atoms with E-state index in [2.05, 4.69) is 15.5 Å². The van der Waals surface area contributed by atoms with Crippen LogP contribution in [0.5, 0.6) is 5.75 Å². The number of para-hydroxylation sites is 1. The third kappa shape index (κ3) is 7.24. The number of rotatable bonds is 11. The molecule has 0 radical (unpaired) electrons. The summed E-state index contributed by atoms with van der Waals surface area (Å²) in [6.45, 7) is 0.960. The number of nitrogens with one attached hydrogen (secondary N) is 1. The van der Waals surface area contributed by atoms with Crippen LogP contribution in [0, 0.1) is 0 Å². The minimum atomic E-state index is -0.0590. The van der Waals surface area contributed by atoms with Gasteiger partial charge in [0.25, 0.3) is 0 Å². The summed E-state index contributed by atoms with van der Waals surface area (Å²) in [6.07, 6.45) is 1.36. The van der Waals surface area contributed by atoms with E-state index in [1.807, 2.05) is 65.2 Å². The number of thioether (sulfide) groups is 1. The number of halogens is 2. The second-order valence-corrected chi connectivity index (χ2v) is 9.43. The van der Waals surface area contributed by atoms with Gasteiger partial charge in [-0.15, -0.1) is 10.2 Å². The van der Waals surface area contributed by atoms with E-state index >= 15 is 0 Å². The van der Waals surface area contributed by atoms with Crippen molar-refractivity contribution in [1.82, 2.24) is 20.1 Å². The molecule has 35 heavy (non-hydrogen) atoms. The van der Waals surface area contributed by atoms with Crippen LogP contribution in [0.15, 0.2) is 84.0 Å². The van der Waals surface area contributed by atoms with Crippen molar-refractivity contribution in [2.24, 2.45) is 0 Å². The zero-order chi connectivity index (χ0) is 24.5. The van der Waals surface area contributed by atoms with Crippen molar-refractivity contribution in [3.63, 3.8) is 0 Å². The highest BCUT2D eigenvalue weighted by Gasteiger charge is 2.16. The van der Waals surface area contributed by atoms with Crippen molar-refractivity contribution in [2.75, 3.05) is 12.4 Å². The summed E-state index contributed by atoms with van der Waals surface area (Å²) >= 11 is 13.5. The molecule has 0 aliphatic heterocycles. The van der Waals surface area contributed by atoms with Crippen LogP contribution in [0.2, 0.25) is 10.0 Å². The lowest BCUT2D eigenvalue weighted by Crippen LogP contribution is -2.24. The number of carbonyl (C=O) groups is 1. The minimum Gasteiger partial charge on any atom is -0.492 e. The van der Waals surface area contributed by atoms with Crippen molar-refractivity contribution in [3.8, 4) is 11.4 Å². The Morgan fingerprint density at radius 2 is 1.71 bits per heavy atom. The van der Waals surface area contributed by atoms with E-state index in [0.717, 1.165) is 17.1 Å². The molecule has 1 heterocycles. The van der Waals surface area contributed by atoms with Crippen LogP contribution in [-0.2, 0) is 17.8 Å². The zero-order valence-electron chi connectivity index (χ0n) is 18.9. The van der Waals surface area contributed by atoms with E-state index in [1.165, 1.54) is 11.8 Å². The molecule has 0 saturated heterocycles. The predicted octanol–water partition coefficient (Wildman–Crippen LogP) is 5.99. The second-order valence-electron chi connectivity index (χ2n) is 7.65. The van der Waals surface area contributed by atoms with Crippen molar-refractivity contribution >= 4 is 40.9 Å². The third-order valence-corrected chi connectivity index (χ3v) is 6.54. The Kier molecular flexibility index (Phi) is 9.06. The molecule has 0 aliphatic rings. The standard InChI is InChI=1S/C26H24Cl2N4O2S/c27-20-13-14-23(22(28)16-20)34-15-7-12-24-30-31-26(32(24)21-10-5-2-6-11-21)35-18-25(33)29-17-19-8-3-1-4-9-19/h1-6,8-11,13-14,16H,7,12,15,17-18H2,(H,29,33). The highest BCUT2D eigenvalue weighted by Crippen LogP contribution is 2.28. The Morgan fingerprint density at radius 3 is 2.46 bits per heavy atom. The lowest BCUT2D eigenvalue weighted by Gasteiger charge is -2.11. The normalized spacial score (nSPS) is 10.8. The first-order valence-corrected chi connectivity index (χ1v) is 12.9. The summed E-state index contributed by atoms with van der Waals surface area (Å²) < 4.78 is 7.79. The smallest absolute Gasteiger partial charge is 0.230 e. The first-order chi connectivity index (χ1) is 17.1. The topological polar surface area (TPSA) is 69.0 Å². The molecule has 1 amide bonds. The van der Waals surface area contributed by atoms with Crippen LogP contribution in [0.4, 0.5) is 0 Å². The average molecular weight is 527 g/mol. The molecule has 9 heteroatoms. The SMILES string of the molecule is O=C(CSc1nnc(CCCOc2ccc(Cl)cc2Cl)n1-c1ccccc1)NCc1ccccc1. The van der Waals surface area contributed by atoms with Crippen molar-refractivity contribution < 1.29 is 9.53 Å². The van der Waals surface area contributed by atoms with Crippen LogP contribution in [0.1, 0.15) is 17.8 Å². The van der Waals surface area contributed by atoms with Gasteiger partial charge in [0, 0.05) is 23.7 Å². The fourth-order valence-corrected chi connectivity index (χ4v) is 4.64. The molecule has 0 atom stereocenters. The fourth-order valence-electron chi connectivity index (χ4n) is 3.37. The van der Waals surface area contributed by atoms with Gasteiger partial charge in [0.2, 0.25) is 5.91 Å². The summed E-state index contributed by atoms with van der Waals surface area (Å²) in [5, 5.41) is 13.4. The van der Waals surface area contributed by atoms with Crippen molar-refractivity contribution in [3.05, 3.63) is 100 Å². The van der Waals surface area contributed by atoms with Gasteiger partial charge in [0.05, 0.1) is 17.4 Å². The van der Waals surface area contributed by atoms with E-state index in [4.69, 9.17) is 27.9 Å². The Balaban J connectivity index is 1.37. The third-order valence-electron chi connectivity index (χ3n) is 5.08. The zero-order valence-corrected chi connectivity index (χ0v) is 21.2. The Bertz CT molecular complexity index is 1250. The van der Waals surface area contributed by atoms with Crippen LogP contribution < -0.4 is 10.1 Å². The predicted molar refractivity (Wildman–Crippen MR) is 141 cm³/mol. The van der Waals surface area contributed by atoms with Crippen molar-refractivity contribution in [2.45, 2.75) is 24.5 Å². The van der Waals surface area contributed by atoms with E-state index < -0.39 is 0 Å². The van der Waals surface area contributed by atoms with Gasteiger partial charge in [-0.2, -0.15) is 0 Å². The number of hydrogen-bond acceptors (Lipinski definition) is 5. The number of amides is 1. The lowest BCUT2D eigenvalue weighted by atomic mass is 10.2. The number of aromatic nitrogens is 3. The maximum Gasteiger partial charge on any atom is 0.230 e. The molecule has 6 nitrogen and oxygen atoms in total. The molecule has 1 aromatic heterocycles. The molecule has 3 aromatic carbocycles. The van der Waals surface area contributed by atoms with Gasteiger partial charge in [-0.25, -0.2) is 0 Å². The van der Waals surface area contributed by atoms with Crippen LogP contribution in [0.3, 0.4) is 0 Å². The Morgan fingerprint density at radius 1 is 0.971 bits per heavy atom. The van der Waals surface area contributed by atoms with Gasteiger partial charge < -0.3 is 10.1 Å². The molecule has 0 saturated carbocycles. The van der Waals surface area contributed by atoms with Gasteiger partial charge in [0.15, 0.2) is 5.16 Å². The maximum atomic E-state index is 12.4. The Hall–Kier alpha value is -3.00. The van der Waals surface area contributed by atoms with Gasteiger partial charge in [-0.05, 0) is 42.3 Å². The number of ether oxygens (including phenoxy) is 1. The summed E-state index contributed by atoms with van der Waals surface area (Å²) in [5.41, 5.74) is 2.00. The quantitative estimate of drug-likeness (QED) is 0.192. The maximum absolute atomic E-state index is 12.4. The lowest BCUT2D eigenvalue weighted by molar-refractivity contribution is -0.118. The van der Waals surface area contributed by atoms with E-state index in [1.54, 1.807) is 18.2 Å². The highest BCUT2D eigenvalue weighted by molar-refractivity contribution is 7.99. The molecule has 1 N–H and O–H groups in total. The monoisotopic (exact) mass is 526 g/mol. The van der Waals surface area contributed by atoms with E-state index in [0.29, 0.717) is 46.9 Å². The van der Waals surface area contributed by atoms with Crippen LogP contribution in [0.25, 0.3) is 5.69 Å². The van der Waals surface area contributed by atoms with Gasteiger partial charge >= 0.3 is 0 Å². The van der Waals surface area contributed by atoms with Gasteiger partial charge in [-0.3, -0.25) is 9.36 Å². The number of carbonyl (C=O) groups excluding carboxylic acids is 1. The number of nitrogens with zero attached hydrogens (tertiary/aromatic N) is 3. The summed E-state index contributed by atoms with van der Waals surface area (Å²) in [5.74, 6) is 1.58. The summed E-state index contributed by atoms with van der Waals surface area (Å²) in [4.78, 5) is 12.4. The highest BCUT2D eigenvalue weighted by atomic mass is 35.5. The van der Waals surface area contributed by atoms with E-state index in [9.17, 15) is 4.79 Å². The molecule has 0 bridgehead atoms. The molecule has 180 valence electrons. The van der Waals surface area contributed by atoms with Crippen molar-refractivity contribution in [1.29, 1.82) is 0 Å². The number of benzene rings is 3. The van der Waals surface area contributed by atoms with Gasteiger partial charge in [-0.1, -0.05) is 83.5 Å². The fraction of sp³-hybridized carbons (Fsp3) is 0.192. The molecule has 0 unspecified atom stereocenters. The molecule has 4 rings (SSSR count). The molecule has 4 aromatic rings. The second kappa shape index (κ2) is 12.6. The number of aryl methyl sites for hydroxylation is 1. The van der Waals surface area contributed by atoms with E-state index in [-0.39, 0.29) is 11.7 Å². The Labute approximate surface area is 218 Å². The largest absolute Gasteiger partial charge is 0.492 e. The minimum absolute atomic E-state index is 0.0590. The van der Waals surface area contributed by atoms with Crippen LogP contribution in [-0.4, -0.2) is 33.0 Å². The first-order valence-electron chi connectivity index (χ1n) is 11.1. The molecule has 0 aliphatic carbocycles. The molecular weight excluding hydrogens is 503 g/mol. The average Bonchev–Trinajstić information content (AvgIpc) is 3.29. The van der Waals surface area contributed by atoms with Crippen LogP contribution >= 0.6 is 35.0 Å². The molecular formula is C26H24Cl2N4O2S. The summed E-state index contributed by atoms with van der Waals surface area (Å²) in [7, 11) is 0.